The molecule has 214 valence electrons. The molecule has 0 spiro atoms. The molecule has 1 fully saturated rings. The van der Waals surface area contributed by atoms with Gasteiger partial charge in [0.25, 0.3) is 5.91 Å². The molecule has 2 aliphatic heterocycles. The second-order valence-corrected chi connectivity index (χ2v) is 11.1. The van der Waals surface area contributed by atoms with Crippen molar-refractivity contribution >= 4 is 34.1 Å². The largest absolute Gasteiger partial charge is 0.349 e. The smallest absolute Gasteiger partial charge is 0.323 e. The van der Waals surface area contributed by atoms with Crippen molar-refractivity contribution in [2.75, 3.05) is 42.5 Å². The number of nitrogens with one attached hydrogen (secondary N) is 2. The molecule has 2 aromatic carbocycles. The van der Waals surface area contributed by atoms with Gasteiger partial charge in [-0.05, 0) is 63.1 Å². The van der Waals surface area contributed by atoms with E-state index in [1.807, 2.05) is 37.8 Å². The maximum Gasteiger partial charge on any atom is 0.323 e. The van der Waals surface area contributed by atoms with Crippen molar-refractivity contribution in [3.05, 3.63) is 76.4 Å². The molecule has 0 aliphatic carbocycles. The average molecular weight is 559 g/mol. The highest BCUT2D eigenvalue weighted by Gasteiger charge is 2.35. The Balaban J connectivity index is 1.24. The van der Waals surface area contributed by atoms with Crippen LogP contribution in [0.5, 0.6) is 0 Å². The first kappa shape index (κ1) is 26.9. The topological polar surface area (TPSA) is 104 Å². The van der Waals surface area contributed by atoms with Crippen molar-refractivity contribution in [2.24, 2.45) is 0 Å². The molecule has 0 radical (unpaired) electrons. The Kier molecular flexibility index (Phi) is 7.21. The van der Waals surface area contributed by atoms with Gasteiger partial charge in [0, 0.05) is 51.4 Å². The minimum Gasteiger partial charge on any atom is -0.349 e. The molecule has 6 rings (SSSR count). The normalized spacial score (nSPS) is 17.4. The van der Waals surface area contributed by atoms with E-state index < -0.39 is 5.82 Å². The Bertz CT molecular complexity index is 1630. The highest BCUT2D eigenvalue weighted by molar-refractivity contribution is 6.01. The highest BCUT2D eigenvalue weighted by atomic mass is 19.1. The monoisotopic (exact) mass is 558 g/mol. The number of likely N-dealkylation sites (tertiary alicyclic amines) is 1. The number of rotatable bonds is 7. The maximum atomic E-state index is 14.4. The van der Waals surface area contributed by atoms with Crippen molar-refractivity contribution < 1.29 is 9.18 Å². The van der Waals surface area contributed by atoms with Crippen LogP contribution in [0.1, 0.15) is 43.1 Å². The first-order chi connectivity index (χ1) is 19.8. The zero-order valence-electron chi connectivity index (χ0n) is 23.6. The van der Waals surface area contributed by atoms with Gasteiger partial charge in [0.1, 0.15) is 17.8 Å². The lowest BCUT2D eigenvalue weighted by Gasteiger charge is -2.41. The third-order valence-corrected chi connectivity index (χ3v) is 8.18. The molecule has 4 heterocycles. The molecule has 1 saturated heterocycles. The summed E-state index contributed by atoms with van der Waals surface area (Å²) in [5.41, 5.74) is 4.40. The number of aromatic amines is 2. The number of benzene rings is 2. The van der Waals surface area contributed by atoms with E-state index in [-0.39, 0.29) is 23.7 Å². The average Bonchev–Trinajstić information content (AvgIpc) is 3.58. The molecule has 41 heavy (non-hydrogen) atoms. The third-order valence-electron chi connectivity index (χ3n) is 8.18. The Hall–Kier alpha value is -4.25. The van der Waals surface area contributed by atoms with Crippen molar-refractivity contribution in [1.29, 1.82) is 0 Å². The fourth-order valence-corrected chi connectivity index (χ4v) is 6.23. The van der Waals surface area contributed by atoms with Gasteiger partial charge in [-0.2, -0.15) is 0 Å². The van der Waals surface area contributed by atoms with E-state index in [1.165, 1.54) is 12.1 Å². The molecule has 4 aromatic rings. The summed E-state index contributed by atoms with van der Waals surface area (Å²) in [6, 6.07) is 10.7. The molecule has 2 aromatic heterocycles. The van der Waals surface area contributed by atoms with Gasteiger partial charge >= 0.3 is 5.69 Å². The number of anilines is 3. The van der Waals surface area contributed by atoms with E-state index in [0.717, 1.165) is 54.2 Å². The van der Waals surface area contributed by atoms with Gasteiger partial charge in [-0.25, -0.2) is 19.2 Å². The van der Waals surface area contributed by atoms with Gasteiger partial charge in [-0.3, -0.25) is 9.69 Å². The predicted octanol–water partition coefficient (Wildman–Crippen LogP) is 3.89. The summed E-state index contributed by atoms with van der Waals surface area (Å²) < 4.78 is 14.4. The lowest BCUT2D eigenvalue weighted by atomic mass is 10.1. The Labute approximate surface area is 237 Å². The predicted molar refractivity (Wildman–Crippen MR) is 157 cm³/mol. The lowest BCUT2D eigenvalue weighted by Crippen LogP contribution is -2.47. The van der Waals surface area contributed by atoms with E-state index in [0.29, 0.717) is 30.9 Å². The number of hydrogen-bond donors (Lipinski definition) is 2. The summed E-state index contributed by atoms with van der Waals surface area (Å²) in [5, 5.41) is 0. The Morgan fingerprint density at radius 1 is 1.10 bits per heavy atom. The molecule has 11 heteroatoms. The zero-order valence-corrected chi connectivity index (χ0v) is 23.6. The SMILES string of the molecule is CCN(C(=O)c1cc(F)ccc1N1CCN(C2CCN(Cc3ccc4[nH]c(=O)[nH]c4c3)C2)c2ncncc21)C(C)C. The van der Waals surface area contributed by atoms with Gasteiger partial charge in [0.05, 0.1) is 28.5 Å². The molecular weight excluding hydrogens is 523 g/mol. The number of carbonyl (C=O) groups is 1. The molecule has 1 atom stereocenters. The second kappa shape index (κ2) is 11.0. The molecular formula is C30H35FN8O2. The fraction of sp³-hybridized carbons (Fsp3) is 0.400. The van der Waals surface area contributed by atoms with E-state index in [2.05, 4.69) is 35.8 Å². The summed E-state index contributed by atoms with van der Waals surface area (Å²) in [7, 11) is 0. The third kappa shape index (κ3) is 5.17. The van der Waals surface area contributed by atoms with Gasteiger partial charge in [-0.15, -0.1) is 0 Å². The van der Waals surface area contributed by atoms with Crippen LogP contribution in [0.15, 0.2) is 53.7 Å². The van der Waals surface area contributed by atoms with Crippen LogP contribution in [0, 0.1) is 5.82 Å². The van der Waals surface area contributed by atoms with Crippen LogP contribution in [-0.2, 0) is 6.54 Å². The molecule has 1 amide bonds. The Morgan fingerprint density at radius 3 is 2.73 bits per heavy atom. The van der Waals surface area contributed by atoms with Gasteiger partial charge in [-0.1, -0.05) is 6.07 Å². The first-order valence-corrected chi connectivity index (χ1v) is 14.2. The number of fused-ring (bicyclic) bond motifs is 2. The summed E-state index contributed by atoms with van der Waals surface area (Å²) in [6.45, 7) is 10.4. The van der Waals surface area contributed by atoms with Crippen LogP contribution in [-0.4, -0.2) is 80.5 Å². The van der Waals surface area contributed by atoms with Crippen molar-refractivity contribution in [3.63, 3.8) is 0 Å². The van der Waals surface area contributed by atoms with E-state index >= 15 is 0 Å². The van der Waals surface area contributed by atoms with Gasteiger partial charge < -0.3 is 24.7 Å². The quantitative estimate of drug-likeness (QED) is 0.355. The molecule has 2 N–H and O–H groups in total. The van der Waals surface area contributed by atoms with Crippen LogP contribution in [0.25, 0.3) is 11.0 Å². The maximum absolute atomic E-state index is 14.4. The summed E-state index contributed by atoms with van der Waals surface area (Å²) >= 11 is 0. The summed E-state index contributed by atoms with van der Waals surface area (Å²) in [5.74, 6) is 0.197. The number of carbonyl (C=O) groups excluding carboxylic acids is 1. The summed E-state index contributed by atoms with van der Waals surface area (Å²) in [6.07, 6.45) is 4.34. The molecule has 2 aliphatic rings. The first-order valence-electron chi connectivity index (χ1n) is 14.2. The van der Waals surface area contributed by atoms with Crippen LogP contribution in [0.3, 0.4) is 0 Å². The van der Waals surface area contributed by atoms with E-state index in [1.54, 1.807) is 23.5 Å². The Morgan fingerprint density at radius 2 is 1.93 bits per heavy atom. The lowest BCUT2D eigenvalue weighted by molar-refractivity contribution is 0.0717. The zero-order chi connectivity index (χ0) is 28.7. The number of amides is 1. The van der Waals surface area contributed by atoms with Crippen molar-refractivity contribution in [2.45, 2.75) is 45.8 Å². The minimum atomic E-state index is -0.437. The van der Waals surface area contributed by atoms with E-state index in [9.17, 15) is 14.0 Å². The number of hydrogen-bond acceptors (Lipinski definition) is 7. The molecule has 1 unspecified atom stereocenters. The number of imidazole rings is 1. The van der Waals surface area contributed by atoms with Crippen LogP contribution in [0.2, 0.25) is 0 Å². The van der Waals surface area contributed by atoms with Crippen molar-refractivity contribution in [3.8, 4) is 0 Å². The summed E-state index contributed by atoms with van der Waals surface area (Å²) in [4.78, 5) is 48.4. The fourth-order valence-electron chi connectivity index (χ4n) is 6.23. The van der Waals surface area contributed by atoms with E-state index in [4.69, 9.17) is 0 Å². The number of nitrogens with zero attached hydrogens (tertiary/aromatic N) is 6. The molecule has 10 nitrogen and oxygen atoms in total. The number of aromatic nitrogens is 4. The highest BCUT2D eigenvalue weighted by Crippen LogP contribution is 2.39. The van der Waals surface area contributed by atoms with Gasteiger partial charge in [0.2, 0.25) is 0 Å². The minimum absolute atomic E-state index is 0.00591. The van der Waals surface area contributed by atoms with Crippen LogP contribution >= 0.6 is 0 Å². The molecule has 0 bridgehead atoms. The van der Waals surface area contributed by atoms with Crippen LogP contribution < -0.4 is 15.5 Å². The van der Waals surface area contributed by atoms with Crippen LogP contribution in [0.4, 0.5) is 21.6 Å². The molecule has 0 saturated carbocycles. The van der Waals surface area contributed by atoms with Crippen molar-refractivity contribution in [1.82, 2.24) is 29.7 Å². The number of halogens is 1. The standard InChI is InChI=1S/C30H35FN8O2/c1-4-37(19(2)3)29(40)23-14-21(31)6-8-26(23)39-12-11-38(28-27(39)15-32-18-33-28)22-9-10-36(17-22)16-20-5-7-24-25(13-20)35-30(41)34-24/h5-8,13-15,18-19,22H,4,9-12,16-17H2,1-3H3,(H2,34,35,41). The van der Waals surface area contributed by atoms with Gasteiger partial charge in [0.15, 0.2) is 5.82 Å². The second-order valence-electron chi connectivity index (χ2n) is 11.1. The number of H-pyrrole nitrogens is 2.